The first-order valence-electron chi connectivity index (χ1n) is 18.7. The Labute approximate surface area is 322 Å². The lowest BCUT2D eigenvalue weighted by molar-refractivity contribution is 0.669. The monoisotopic (exact) mass is 719 g/mol. The molecule has 0 amide bonds. The zero-order valence-electron chi connectivity index (χ0n) is 29.8. The molecule has 0 saturated heterocycles. The minimum Gasteiger partial charge on any atom is -0.456 e. The van der Waals surface area contributed by atoms with E-state index in [2.05, 4.69) is 193 Å². The molecule has 0 aliphatic heterocycles. The van der Waals surface area contributed by atoms with Crippen molar-refractivity contribution >= 4 is 81.3 Å². The van der Waals surface area contributed by atoms with Crippen LogP contribution in [-0.2, 0) is 0 Å². The number of fused-ring (bicyclic) bond motifs is 7. The number of hydrogen-bond acceptors (Lipinski definition) is 3. The van der Waals surface area contributed by atoms with Crippen LogP contribution in [0.3, 0.4) is 0 Å². The number of furan rings is 1. The Morgan fingerprint density at radius 3 is 1.73 bits per heavy atom. The standard InChI is InChI=1S/C52H33NOS/c1-2-15-41-34(11-1)12-8-18-42(41)35-25-29-38(30-26-35)53(39-31-27-36(28-32-39)43-20-10-24-50-52(43)46-17-4-6-23-49(46)55-50)40-14-7-13-37(33-40)44-19-9-22-48-51(44)45-16-3-5-21-47(45)54-48/h1-33H. The van der Waals surface area contributed by atoms with Crippen molar-refractivity contribution < 1.29 is 4.42 Å². The van der Waals surface area contributed by atoms with Gasteiger partial charge in [-0.1, -0.05) is 140 Å². The zero-order chi connectivity index (χ0) is 36.3. The molecule has 0 unspecified atom stereocenters. The van der Waals surface area contributed by atoms with Gasteiger partial charge in [0.1, 0.15) is 11.2 Å². The second kappa shape index (κ2) is 12.9. The van der Waals surface area contributed by atoms with Gasteiger partial charge < -0.3 is 9.32 Å². The molecule has 0 saturated carbocycles. The van der Waals surface area contributed by atoms with Crippen LogP contribution in [0, 0.1) is 0 Å². The van der Waals surface area contributed by atoms with Gasteiger partial charge in [0.15, 0.2) is 0 Å². The lowest BCUT2D eigenvalue weighted by Crippen LogP contribution is -2.10. The third kappa shape index (κ3) is 5.32. The van der Waals surface area contributed by atoms with Crippen molar-refractivity contribution in [1.82, 2.24) is 0 Å². The first-order valence-corrected chi connectivity index (χ1v) is 19.5. The minimum absolute atomic E-state index is 0.897. The number of nitrogens with zero attached hydrogens (tertiary/aromatic N) is 1. The fraction of sp³-hybridized carbons (Fsp3) is 0. The van der Waals surface area contributed by atoms with E-state index in [0.717, 1.165) is 50.1 Å². The first kappa shape index (κ1) is 31.6. The maximum absolute atomic E-state index is 6.29. The van der Waals surface area contributed by atoms with Crippen LogP contribution in [-0.4, -0.2) is 0 Å². The molecule has 3 heteroatoms. The van der Waals surface area contributed by atoms with E-state index in [1.807, 2.05) is 23.5 Å². The highest BCUT2D eigenvalue weighted by atomic mass is 32.1. The number of benzene rings is 9. The van der Waals surface area contributed by atoms with E-state index < -0.39 is 0 Å². The third-order valence-corrected chi connectivity index (χ3v) is 12.0. The SMILES string of the molecule is c1cc(-c2cccc3oc4ccccc4c23)cc(N(c2ccc(-c3cccc4ccccc34)cc2)c2ccc(-c3cccc4sc5ccccc5c34)cc2)c1. The van der Waals surface area contributed by atoms with E-state index in [0.29, 0.717) is 0 Å². The molecule has 11 rings (SSSR count). The summed E-state index contributed by atoms with van der Waals surface area (Å²) < 4.78 is 8.92. The van der Waals surface area contributed by atoms with Crippen molar-refractivity contribution in [2.24, 2.45) is 0 Å². The van der Waals surface area contributed by atoms with Gasteiger partial charge in [-0.3, -0.25) is 0 Å². The van der Waals surface area contributed by atoms with Crippen LogP contribution in [0.25, 0.3) is 86.3 Å². The van der Waals surface area contributed by atoms with Gasteiger partial charge in [0.05, 0.1) is 0 Å². The molecule has 0 aliphatic carbocycles. The van der Waals surface area contributed by atoms with E-state index in [-0.39, 0.29) is 0 Å². The second-order valence-corrected chi connectivity index (χ2v) is 15.1. The Balaban J connectivity index is 1.05. The molecule has 0 bridgehead atoms. The van der Waals surface area contributed by atoms with Gasteiger partial charge in [-0.05, 0) is 105 Å². The molecule has 2 heterocycles. The summed E-state index contributed by atoms with van der Waals surface area (Å²) in [7, 11) is 0. The van der Waals surface area contributed by atoms with Crippen molar-refractivity contribution in [2.45, 2.75) is 0 Å². The van der Waals surface area contributed by atoms with Gasteiger partial charge in [0, 0.05) is 48.0 Å². The molecule has 0 radical (unpaired) electrons. The van der Waals surface area contributed by atoms with E-state index in [1.54, 1.807) is 0 Å². The molecular weight excluding hydrogens is 687 g/mol. The van der Waals surface area contributed by atoms with E-state index in [1.165, 1.54) is 53.2 Å². The van der Waals surface area contributed by atoms with Gasteiger partial charge in [-0.15, -0.1) is 11.3 Å². The van der Waals surface area contributed by atoms with Crippen LogP contribution in [0.15, 0.2) is 205 Å². The Morgan fingerprint density at radius 2 is 0.909 bits per heavy atom. The summed E-state index contributed by atoms with van der Waals surface area (Å²) in [5, 5.41) is 7.41. The van der Waals surface area contributed by atoms with Crippen LogP contribution in [0.2, 0.25) is 0 Å². The van der Waals surface area contributed by atoms with E-state index >= 15 is 0 Å². The highest BCUT2D eigenvalue weighted by molar-refractivity contribution is 7.25. The Hall–Kier alpha value is -6.94. The average molecular weight is 720 g/mol. The minimum atomic E-state index is 0.897. The lowest BCUT2D eigenvalue weighted by atomic mass is 9.97. The number of rotatable bonds is 6. The van der Waals surface area contributed by atoms with Gasteiger partial charge in [-0.2, -0.15) is 0 Å². The summed E-state index contributed by atoms with van der Waals surface area (Å²) in [6.07, 6.45) is 0. The molecule has 2 aromatic heterocycles. The molecule has 0 aliphatic rings. The topological polar surface area (TPSA) is 16.4 Å². The maximum atomic E-state index is 6.29. The van der Waals surface area contributed by atoms with Crippen LogP contribution in [0.4, 0.5) is 17.1 Å². The molecule has 11 aromatic rings. The highest BCUT2D eigenvalue weighted by Gasteiger charge is 2.18. The molecular formula is C52H33NOS. The predicted molar refractivity (Wildman–Crippen MR) is 235 cm³/mol. The van der Waals surface area contributed by atoms with Crippen LogP contribution in [0.5, 0.6) is 0 Å². The van der Waals surface area contributed by atoms with Crippen molar-refractivity contribution in [3.63, 3.8) is 0 Å². The summed E-state index contributed by atoms with van der Waals surface area (Å²) in [5.41, 5.74) is 12.2. The summed E-state index contributed by atoms with van der Waals surface area (Å²) in [4.78, 5) is 2.37. The summed E-state index contributed by atoms with van der Waals surface area (Å²) in [6, 6.07) is 72.2. The largest absolute Gasteiger partial charge is 0.456 e. The maximum Gasteiger partial charge on any atom is 0.136 e. The van der Waals surface area contributed by atoms with Crippen molar-refractivity contribution in [3.8, 4) is 33.4 Å². The van der Waals surface area contributed by atoms with E-state index in [9.17, 15) is 0 Å². The predicted octanol–water partition coefficient (Wildman–Crippen LogP) is 15.6. The quantitative estimate of drug-likeness (QED) is 0.170. The molecule has 0 atom stereocenters. The van der Waals surface area contributed by atoms with Crippen molar-refractivity contribution in [1.29, 1.82) is 0 Å². The summed E-state index contributed by atoms with van der Waals surface area (Å²) in [5.74, 6) is 0. The third-order valence-electron chi connectivity index (χ3n) is 10.9. The normalized spacial score (nSPS) is 11.6. The highest BCUT2D eigenvalue weighted by Crippen LogP contribution is 2.43. The Bertz CT molecular complexity index is 3200. The molecule has 0 spiro atoms. The van der Waals surface area contributed by atoms with Crippen molar-refractivity contribution in [3.05, 3.63) is 200 Å². The Kier molecular flexibility index (Phi) is 7.39. The zero-order valence-corrected chi connectivity index (χ0v) is 30.6. The Morgan fingerprint density at radius 1 is 0.345 bits per heavy atom. The van der Waals surface area contributed by atoms with Gasteiger partial charge in [-0.25, -0.2) is 0 Å². The number of anilines is 3. The van der Waals surface area contributed by atoms with Crippen LogP contribution < -0.4 is 4.90 Å². The average Bonchev–Trinajstić information content (AvgIpc) is 3.83. The fourth-order valence-corrected chi connectivity index (χ4v) is 9.48. The van der Waals surface area contributed by atoms with Crippen LogP contribution >= 0.6 is 11.3 Å². The van der Waals surface area contributed by atoms with Crippen molar-refractivity contribution in [2.75, 3.05) is 4.90 Å². The smallest absolute Gasteiger partial charge is 0.136 e. The first-order chi connectivity index (χ1) is 27.3. The molecule has 9 aromatic carbocycles. The molecule has 0 N–H and O–H groups in total. The molecule has 55 heavy (non-hydrogen) atoms. The number of para-hydroxylation sites is 1. The van der Waals surface area contributed by atoms with Gasteiger partial charge in [0.25, 0.3) is 0 Å². The molecule has 258 valence electrons. The molecule has 2 nitrogen and oxygen atoms in total. The fourth-order valence-electron chi connectivity index (χ4n) is 8.35. The van der Waals surface area contributed by atoms with E-state index in [4.69, 9.17) is 4.42 Å². The summed E-state index contributed by atoms with van der Waals surface area (Å²) in [6.45, 7) is 0. The number of thiophene rings is 1. The second-order valence-electron chi connectivity index (χ2n) is 14.1. The molecule has 0 fully saturated rings. The van der Waals surface area contributed by atoms with Crippen LogP contribution in [0.1, 0.15) is 0 Å². The lowest BCUT2D eigenvalue weighted by Gasteiger charge is -2.26. The number of hydrogen-bond donors (Lipinski definition) is 0. The van der Waals surface area contributed by atoms with Gasteiger partial charge >= 0.3 is 0 Å². The summed E-state index contributed by atoms with van der Waals surface area (Å²) >= 11 is 1.86. The van der Waals surface area contributed by atoms with Gasteiger partial charge in [0.2, 0.25) is 0 Å².